The largest absolute Gasteiger partial charge is 0.364 e. The van der Waals surface area contributed by atoms with Crippen LogP contribution in [0.4, 0.5) is 0 Å². The number of nitrogens with zero attached hydrogens (tertiary/aromatic N) is 2. The Morgan fingerprint density at radius 2 is 1.94 bits per heavy atom. The van der Waals surface area contributed by atoms with Crippen molar-refractivity contribution in [1.29, 1.82) is 0 Å². The summed E-state index contributed by atoms with van der Waals surface area (Å²) in [6.45, 7) is 2.78. The number of piperidine rings is 1. The maximum atomic E-state index is 12.9. The Bertz CT molecular complexity index is 1080. The quantitative estimate of drug-likeness (QED) is 0.540. The Morgan fingerprint density at radius 3 is 2.61 bits per heavy atom. The lowest BCUT2D eigenvalue weighted by molar-refractivity contribution is -0.136. The third-order valence-electron chi connectivity index (χ3n) is 6.20. The van der Waals surface area contributed by atoms with Crippen LogP contribution in [0.2, 0.25) is 0 Å². The van der Waals surface area contributed by atoms with E-state index in [1.165, 1.54) is 0 Å². The number of hydrogen-bond donors (Lipinski definition) is 3. The number of rotatable bonds is 6. The molecule has 0 aliphatic carbocycles. The highest BCUT2D eigenvalue weighted by Crippen LogP contribution is 2.29. The van der Waals surface area contributed by atoms with Gasteiger partial charge in [-0.2, -0.15) is 0 Å². The molecule has 5 rings (SSSR count). The van der Waals surface area contributed by atoms with E-state index in [4.69, 9.17) is 4.52 Å². The Morgan fingerprint density at radius 1 is 1.13 bits per heavy atom. The van der Waals surface area contributed by atoms with E-state index in [1.54, 1.807) is 24.5 Å². The molecule has 2 saturated heterocycles. The van der Waals surface area contributed by atoms with Gasteiger partial charge in [-0.3, -0.25) is 29.4 Å². The number of hydrogen-bond acceptors (Lipinski definition) is 8. The van der Waals surface area contributed by atoms with Crippen LogP contribution in [-0.2, 0) is 21.5 Å². The zero-order chi connectivity index (χ0) is 21.6. The SMILES string of the molecule is O=C1CCC(N2C(=O)c3ccc(CNCC4(c5ccon5)CNC4)cc3C2=O)C(=O)N1. The first-order valence-corrected chi connectivity index (χ1v) is 10.2. The van der Waals surface area contributed by atoms with Gasteiger partial charge >= 0.3 is 0 Å². The average Bonchev–Trinajstić information content (AvgIpc) is 3.33. The number of fused-ring (bicyclic) bond motifs is 1. The second-order valence-electron chi connectivity index (χ2n) is 8.20. The van der Waals surface area contributed by atoms with Crippen LogP contribution in [0.5, 0.6) is 0 Å². The van der Waals surface area contributed by atoms with E-state index in [9.17, 15) is 19.2 Å². The van der Waals surface area contributed by atoms with Crippen LogP contribution < -0.4 is 16.0 Å². The number of amides is 4. The normalized spacial score (nSPS) is 22.3. The van der Waals surface area contributed by atoms with Crippen molar-refractivity contribution in [2.45, 2.75) is 30.8 Å². The fourth-order valence-corrected chi connectivity index (χ4v) is 4.38. The molecule has 0 bridgehead atoms. The highest BCUT2D eigenvalue weighted by atomic mass is 16.5. The van der Waals surface area contributed by atoms with Gasteiger partial charge in [0.2, 0.25) is 11.8 Å². The molecule has 4 heterocycles. The van der Waals surface area contributed by atoms with E-state index in [-0.39, 0.29) is 29.4 Å². The van der Waals surface area contributed by atoms with Gasteiger partial charge in [0.05, 0.1) is 22.2 Å². The third-order valence-corrected chi connectivity index (χ3v) is 6.20. The highest BCUT2D eigenvalue weighted by Gasteiger charge is 2.45. The topological polar surface area (TPSA) is 134 Å². The summed E-state index contributed by atoms with van der Waals surface area (Å²) >= 11 is 0. The van der Waals surface area contributed by atoms with E-state index in [1.807, 2.05) is 6.07 Å². The van der Waals surface area contributed by atoms with E-state index in [2.05, 4.69) is 21.1 Å². The minimum Gasteiger partial charge on any atom is -0.364 e. The standard InChI is InChI=1S/C21H21N5O5/c27-17-4-3-15(18(28)24-17)26-19(29)13-2-1-12(7-14(13)20(26)30)8-22-9-21(10-23-11-21)16-5-6-31-25-16/h1-2,5-7,15,22-23H,3-4,8-11H2,(H,24,27,28). The fourth-order valence-electron chi connectivity index (χ4n) is 4.38. The Balaban J connectivity index is 1.28. The Hall–Kier alpha value is -3.37. The van der Waals surface area contributed by atoms with Crippen LogP contribution >= 0.6 is 0 Å². The first-order chi connectivity index (χ1) is 15.0. The summed E-state index contributed by atoms with van der Waals surface area (Å²) in [7, 11) is 0. The molecule has 2 fully saturated rings. The third kappa shape index (κ3) is 3.24. The summed E-state index contributed by atoms with van der Waals surface area (Å²) < 4.78 is 4.98. The van der Waals surface area contributed by atoms with E-state index < -0.39 is 29.7 Å². The number of benzene rings is 1. The van der Waals surface area contributed by atoms with Crippen LogP contribution in [0.3, 0.4) is 0 Å². The van der Waals surface area contributed by atoms with E-state index in [0.29, 0.717) is 13.1 Å². The van der Waals surface area contributed by atoms with Crippen molar-refractivity contribution in [3.8, 4) is 0 Å². The molecule has 3 aliphatic heterocycles. The molecule has 1 atom stereocenters. The minimum absolute atomic E-state index is 0.0983. The second kappa shape index (κ2) is 7.40. The van der Waals surface area contributed by atoms with Crippen molar-refractivity contribution < 1.29 is 23.7 Å². The molecule has 10 nitrogen and oxygen atoms in total. The van der Waals surface area contributed by atoms with Gasteiger partial charge in [-0.05, 0) is 24.1 Å². The molecule has 0 radical (unpaired) electrons. The molecule has 10 heteroatoms. The van der Waals surface area contributed by atoms with Crippen molar-refractivity contribution in [3.05, 3.63) is 52.9 Å². The van der Waals surface area contributed by atoms with Crippen molar-refractivity contribution in [2.75, 3.05) is 19.6 Å². The molecule has 3 aliphatic rings. The van der Waals surface area contributed by atoms with Crippen molar-refractivity contribution >= 4 is 23.6 Å². The number of nitrogens with one attached hydrogen (secondary N) is 3. The van der Waals surface area contributed by atoms with Gasteiger partial charge in [-0.15, -0.1) is 0 Å². The van der Waals surface area contributed by atoms with Gasteiger partial charge in [0.15, 0.2) is 0 Å². The monoisotopic (exact) mass is 423 g/mol. The Kier molecular flexibility index (Phi) is 4.67. The molecule has 0 spiro atoms. The molecule has 2 aromatic rings. The zero-order valence-corrected chi connectivity index (χ0v) is 16.6. The van der Waals surface area contributed by atoms with Gasteiger partial charge in [0, 0.05) is 38.7 Å². The van der Waals surface area contributed by atoms with Crippen LogP contribution in [0.15, 0.2) is 35.1 Å². The molecule has 31 heavy (non-hydrogen) atoms. The maximum Gasteiger partial charge on any atom is 0.262 e. The first kappa shape index (κ1) is 19.6. The second-order valence-corrected chi connectivity index (χ2v) is 8.20. The molecule has 0 saturated carbocycles. The van der Waals surface area contributed by atoms with Crippen LogP contribution in [0.1, 0.15) is 44.8 Å². The van der Waals surface area contributed by atoms with Gasteiger partial charge in [0.25, 0.3) is 11.8 Å². The minimum atomic E-state index is -0.958. The van der Waals surface area contributed by atoms with Crippen molar-refractivity contribution in [3.63, 3.8) is 0 Å². The average molecular weight is 423 g/mol. The molecule has 1 aromatic heterocycles. The highest BCUT2D eigenvalue weighted by molar-refractivity contribution is 6.23. The summed E-state index contributed by atoms with van der Waals surface area (Å²) in [5.41, 5.74) is 2.19. The number of aromatic nitrogens is 1. The van der Waals surface area contributed by atoms with Gasteiger partial charge in [-0.25, -0.2) is 0 Å². The summed E-state index contributed by atoms with van der Waals surface area (Å²) in [4.78, 5) is 50.2. The molecular formula is C21H21N5O5. The first-order valence-electron chi connectivity index (χ1n) is 10.2. The zero-order valence-electron chi connectivity index (χ0n) is 16.6. The maximum absolute atomic E-state index is 12.9. The number of carbonyl (C=O) groups excluding carboxylic acids is 4. The number of carbonyl (C=O) groups is 4. The van der Waals surface area contributed by atoms with Crippen LogP contribution in [0, 0.1) is 0 Å². The van der Waals surface area contributed by atoms with Gasteiger partial charge < -0.3 is 15.2 Å². The molecule has 1 unspecified atom stereocenters. The molecule has 3 N–H and O–H groups in total. The predicted octanol–water partition coefficient (Wildman–Crippen LogP) is -0.293. The molecule has 160 valence electrons. The van der Waals surface area contributed by atoms with Crippen LogP contribution in [0.25, 0.3) is 0 Å². The molecular weight excluding hydrogens is 402 g/mol. The molecule has 4 amide bonds. The fraction of sp³-hybridized carbons (Fsp3) is 0.381. The smallest absolute Gasteiger partial charge is 0.262 e. The van der Waals surface area contributed by atoms with Crippen LogP contribution in [-0.4, -0.2) is 59.4 Å². The molecule has 1 aromatic carbocycles. The van der Waals surface area contributed by atoms with E-state index in [0.717, 1.165) is 29.2 Å². The Labute approximate surface area is 177 Å². The lowest BCUT2D eigenvalue weighted by Gasteiger charge is -2.41. The number of imide groups is 2. The van der Waals surface area contributed by atoms with E-state index >= 15 is 0 Å². The lowest BCUT2D eigenvalue weighted by Crippen LogP contribution is -2.61. The summed E-state index contributed by atoms with van der Waals surface area (Å²) in [5, 5.41) is 12.9. The predicted molar refractivity (Wildman–Crippen MR) is 106 cm³/mol. The lowest BCUT2D eigenvalue weighted by atomic mass is 9.78. The summed E-state index contributed by atoms with van der Waals surface area (Å²) in [5.74, 6) is -2.01. The van der Waals surface area contributed by atoms with Gasteiger partial charge in [-0.1, -0.05) is 11.2 Å². The van der Waals surface area contributed by atoms with Crippen molar-refractivity contribution in [1.82, 2.24) is 26.0 Å². The van der Waals surface area contributed by atoms with Crippen molar-refractivity contribution in [2.24, 2.45) is 0 Å². The van der Waals surface area contributed by atoms with Gasteiger partial charge in [0.1, 0.15) is 12.3 Å². The summed E-state index contributed by atoms with van der Waals surface area (Å²) in [6.07, 6.45) is 1.80. The summed E-state index contributed by atoms with van der Waals surface area (Å²) in [6, 6.07) is 6.02.